The average Bonchev–Trinajstić information content (AvgIpc) is 2.36. The molecule has 0 bridgehead atoms. The molecule has 0 saturated carbocycles. The lowest BCUT2D eigenvalue weighted by atomic mass is 10.3. The molecule has 1 aromatic carbocycles. The van der Waals surface area contributed by atoms with E-state index in [1.165, 1.54) is 6.07 Å². The normalized spacial score (nSPS) is 9.89. The van der Waals surface area contributed by atoms with Gasteiger partial charge in [-0.1, -0.05) is 12.1 Å². The highest BCUT2D eigenvalue weighted by Gasteiger charge is 2.13. The number of carbonyl (C=O) groups excluding carboxylic acids is 1. The fourth-order valence-corrected chi connectivity index (χ4v) is 1.86. The van der Waals surface area contributed by atoms with Crippen LogP contribution in [-0.4, -0.2) is 35.0 Å². The van der Waals surface area contributed by atoms with Gasteiger partial charge in [0.1, 0.15) is 11.4 Å². The Morgan fingerprint density at radius 2 is 2.00 bits per heavy atom. The van der Waals surface area contributed by atoms with E-state index in [1.807, 2.05) is 0 Å². The number of nitro benzene ring substituents is 1. The fourth-order valence-electron chi connectivity index (χ4n) is 1.11. The predicted molar refractivity (Wildman–Crippen MR) is 67.6 cm³/mol. The highest BCUT2D eigenvalue weighted by Crippen LogP contribution is 2.26. The first-order valence-corrected chi connectivity index (χ1v) is 5.94. The molecule has 102 valence electrons. The number of hydrogen-bond donors (Lipinski definition) is 3. The second-order valence-corrected chi connectivity index (χ2v) is 4.25. The summed E-state index contributed by atoms with van der Waals surface area (Å²) in [5.74, 6) is -1.65. The van der Waals surface area contributed by atoms with E-state index < -0.39 is 23.3 Å². The van der Waals surface area contributed by atoms with E-state index in [0.29, 0.717) is 4.90 Å². The van der Waals surface area contributed by atoms with Crippen molar-refractivity contribution >= 4 is 29.5 Å². The van der Waals surface area contributed by atoms with Gasteiger partial charge in [-0.25, -0.2) is 0 Å². The molecule has 0 aliphatic rings. The molecule has 19 heavy (non-hydrogen) atoms. The van der Waals surface area contributed by atoms with E-state index in [1.54, 1.807) is 18.2 Å². The quantitative estimate of drug-likeness (QED) is 0.376. The first-order chi connectivity index (χ1) is 9.00. The topological polar surface area (TPSA) is 122 Å². The average molecular weight is 285 g/mol. The molecule has 8 nitrogen and oxygen atoms in total. The minimum atomic E-state index is -1.14. The van der Waals surface area contributed by atoms with Crippen LogP contribution >= 0.6 is 11.9 Å². The molecule has 1 amide bonds. The molecule has 0 radical (unpaired) electrons. The largest absolute Gasteiger partial charge is 0.480 e. The number of hydrogen-bond acceptors (Lipinski definition) is 6. The SMILES string of the molecule is O=C(O)CNC(=O)CNSc1ccccc1[N+](=O)[O-]. The number of nitrogens with zero attached hydrogens (tertiary/aromatic N) is 1. The van der Waals surface area contributed by atoms with Crippen molar-refractivity contribution in [2.75, 3.05) is 13.1 Å². The lowest BCUT2D eigenvalue weighted by Gasteiger charge is -2.04. The monoisotopic (exact) mass is 285 g/mol. The van der Waals surface area contributed by atoms with Crippen molar-refractivity contribution < 1.29 is 19.6 Å². The Morgan fingerprint density at radius 3 is 2.63 bits per heavy atom. The number of carboxylic acid groups (broad SMARTS) is 1. The van der Waals surface area contributed by atoms with Gasteiger partial charge in [0, 0.05) is 6.07 Å². The van der Waals surface area contributed by atoms with Crippen LogP contribution in [0.25, 0.3) is 0 Å². The number of nitrogens with one attached hydrogen (secondary N) is 2. The van der Waals surface area contributed by atoms with Crippen LogP contribution < -0.4 is 10.0 Å². The molecule has 0 aliphatic heterocycles. The van der Waals surface area contributed by atoms with Gasteiger partial charge in [-0.05, 0) is 18.0 Å². The highest BCUT2D eigenvalue weighted by molar-refractivity contribution is 7.97. The Kier molecular flexibility index (Phi) is 5.76. The number of nitro groups is 1. The fraction of sp³-hybridized carbons (Fsp3) is 0.200. The molecule has 0 spiro atoms. The van der Waals surface area contributed by atoms with Crippen molar-refractivity contribution in [3.05, 3.63) is 34.4 Å². The number of benzene rings is 1. The van der Waals surface area contributed by atoms with Gasteiger partial charge in [0.25, 0.3) is 5.69 Å². The van der Waals surface area contributed by atoms with Gasteiger partial charge >= 0.3 is 5.97 Å². The summed E-state index contributed by atoms with van der Waals surface area (Å²) < 4.78 is 2.63. The standard InChI is InChI=1S/C10H11N3O5S/c14-9(11-6-10(15)16)5-12-19-8-4-2-1-3-7(8)13(17)18/h1-4,12H,5-6H2,(H,11,14)(H,15,16). The molecular weight excluding hydrogens is 274 g/mol. The number of aliphatic carboxylic acids is 1. The van der Waals surface area contributed by atoms with E-state index in [4.69, 9.17) is 5.11 Å². The summed E-state index contributed by atoms with van der Waals surface area (Å²) in [6, 6.07) is 6.09. The molecule has 0 unspecified atom stereocenters. The first kappa shape index (κ1) is 14.9. The number of para-hydroxylation sites is 1. The molecule has 3 N–H and O–H groups in total. The van der Waals surface area contributed by atoms with Crippen LogP contribution in [0.15, 0.2) is 29.2 Å². The Balaban J connectivity index is 2.43. The summed E-state index contributed by atoms with van der Waals surface area (Å²) in [6.07, 6.45) is 0. The molecular formula is C10H11N3O5S. The highest BCUT2D eigenvalue weighted by atomic mass is 32.2. The first-order valence-electron chi connectivity index (χ1n) is 5.12. The van der Waals surface area contributed by atoms with E-state index in [2.05, 4.69) is 10.0 Å². The van der Waals surface area contributed by atoms with Gasteiger partial charge in [0.05, 0.1) is 11.5 Å². The molecule has 0 aromatic heterocycles. The minimum Gasteiger partial charge on any atom is -0.480 e. The zero-order valence-corrected chi connectivity index (χ0v) is 10.5. The van der Waals surface area contributed by atoms with E-state index in [-0.39, 0.29) is 12.2 Å². The van der Waals surface area contributed by atoms with Crippen LogP contribution in [0.1, 0.15) is 0 Å². The maximum Gasteiger partial charge on any atom is 0.322 e. The van der Waals surface area contributed by atoms with Crippen LogP contribution in [0.5, 0.6) is 0 Å². The van der Waals surface area contributed by atoms with Crippen molar-refractivity contribution in [1.82, 2.24) is 10.0 Å². The van der Waals surface area contributed by atoms with Crippen molar-refractivity contribution in [3.8, 4) is 0 Å². The second kappa shape index (κ2) is 7.34. The number of carbonyl (C=O) groups is 2. The van der Waals surface area contributed by atoms with Gasteiger partial charge in [0.15, 0.2) is 0 Å². The summed E-state index contributed by atoms with van der Waals surface area (Å²) in [5.41, 5.74) is -0.0639. The number of rotatable bonds is 7. The summed E-state index contributed by atoms with van der Waals surface area (Å²) in [7, 11) is 0. The minimum absolute atomic E-state index is 0.0639. The van der Waals surface area contributed by atoms with Crippen LogP contribution in [0.3, 0.4) is 0 Å². The third-order valence-electron chi connectivity index (χ3n) is 1.91. The number of amides is 1. The zero-order valence-electron chi connectivity index (χ0n) is 9.66. The van der Waals surface area contributed by atoms with E-state index >= 15 is 0 Å². The van der Waals surface area contributed by atoms with Crippen LogP contribution in [0, 0.1) is 10.1 Å². The Bertz CT molecular complexity index is 494. The second-order valence-electron chi connectivity index (χ2n) is 3.32. The van der Waals surface area contributed by atoms with Gasteiger partial charge in [-0.3, -0.25) is 24.4 Å². The van der Waals surface area contributed by atoms with Crippen LogP contribution in [-0.2, 0) is 9.59 Å². The Hall–Kier alpha value is -2.13. The third-order valence-corrected chi connectivity index (χ3v) is 2.77. The molecule has 0 fully saturated rings. The molecule has 0 aliphatic carbocycles. The van der Waals surface area contributed by atoms with Gasteiger partial charge in [-0.2, -0.15) is 0 Å². The Labute approximate surface area is 112 Å². The summed E-state index contributed by atoms with van der Waals surface area (Å²) in [6.45, 7) is -0.610. The summed E-state index contributed by atoms with van der Waals surface area (Å²) in [5, 5.41) is 21.2. The molecule has 0 atom stereocenters. The van der Waals surface area contributed by atoms with Crippen LogP contribution in [0.2, 0.25) is 0 Å². The molecule has 1 aromatic rings. The van der Waals surface area contributed by atoms with Gasteiger partial charge in [0.2, 0.25) is 5.91 Å². The van der Waals surface area contributed by atoms with Crippen LogP contribution in [0.4, 0.5) is 5.69 Å². The smallest absolute Gasteiger partial charge is 0.322 e. The third kappa shape index (κ3) is 5.36. The molecule has 0 heterocycles. The van der Waals surface area contributed by atoms with Crippen molar-refractivity contribution in [2.24, 2.45) is 0 Å². The molecule has 1 rings (SSSR count). The number of carboxylic acids is 1. The van der Waals surface area contributed by atoms with Gasteiger partial charge in [-0.15, -0.1) is 0 Å². The van der Waals surface area contributed by atoms with E-state index in [0.717, 1.165) is 11.9 Å². The molecule has 9 heteroatoms. The predicted octanol–water partition coefficient (Wildman–Crippen LogP) is 0.392. The zero-order chi connectivity index (χ0) is 14.3. The maximum absolute atomic E-state index is 11.2. The summed E-state index contributed by atoms with van der Waals surface area (Å²) in [4.78, 5) is 31.9. The lowest BCUT2D eigenvalue weighted by molar-refractivity contribution is -0.387. The lowest BCUT2D eigenvalue weighted by Crippen LogP contribution is -2.34. The van der Waals surface area contributed by atoms with Crippen molar-refractivity contribution in [2.45, 2.75) is 4.90 Å². The summed E-state index contributed by atoms with van der Waals surface area (Å²) >= 11 is 0.938. The maximum atomic E-state index is 11.2. The molecule has 0 saturated heterocycles. The van der Waals surface area contributed by atoms with Gasteiger partial charge < -0.3 is 10.4 Å². The van der Waals surface area contributed by atoms with Crippen molar-refractivity contribution in [3.63, 3.8) is 0 Å². The Morgan fingerprint density at radius 1 is 1.32 bits per heavy atom. The van der Waals surface area contributed by atoms with Crippen molar-refractivity contribution in [1.29, 1.82) is 0 Å². The van der Waals surface area contributed by atoms with E-state index in [9.17, 15) is 19.7 Å².